The van der Waals surface area contributed by atoms with Gasteiger partial charge in [-0.05, 0) is 102 Å². The lowest BCUT2D eigenvalue weighted by molar-refractivity contribution is -0.276. The molecule has 65 heavy (non-hydrogen) atoms. The lowest BCUT2D eigenvalue weighted by Crippen LogP contribution is -2.44. The molecule has 5 aromatic carbocycles. The first-order chi connectivity index (χ1) is 30.6. The molecule has 0 aliphatic carbocycles. The fraction of sp³-hybridized carbons (Fsp3) is 0.174. The SMILES string of the molecule is COc1cc(C(=O)Oc2ccc(/C=C/C(=O)C(O)CC(O)(Cc3ccc(N)cc3)C(=O)/C=C/c3ccc(OC(=O)c4ccc(OC(F)(F)F)c(OC)c4)cc3)cc2)ccc1OC(F)(F)F. The van der Waals surface area contributed by atoms with Gasteiger partial charge < -0.3 is 44.4 Å². The summed E-state index contributed by atoms with van der Waals surface area (Å²) in [5.41, 5.74) is 4.87. The van der Waals surface area contributed by atoms with Crippen molar-refractivity contribution in [2.45, 2.75) is 37.3 Å². The summed E-state index contributed by atoms with van der Waals surface area (Å²) in [6.45, 7) is 0. The zero-order valence-electron chi connectivity index (χ0n) is 34.0. The lowest BCUT2D eigenvalue weighted by atomic mass is 9.83. The Hall–Kier alpha value is -7.64. The molecule has 13 nitrogen and oxygen atoms in total. The third kappa shape index (κ3) is 14.2. The Balaban J connectivity index is 1.22. The molecule has 0 fully saturated rings. The van der Waals surface area contributed by atoms with Gasteiger partial charge in [0.15, 0.2) is 34.6 Å². The molecule has 0 spiro atoms. The number of alkyl halides is 6. The van der Waals surface area contributed by atoms with Crippen LogP contribution in [0.25, 0.3) is 12.2 Å². The second-order valence-electron chi connectivity index (χ2n) is 13.8. The molecular formula is C46H37F6NO12. The largest absolute Gasteiger partial charge is 0.573 e. The number of nitrogens with two attached hydrogens (primary N) is 1. The molecule has 0 aliphatic heterocycles. The molecular weight excluding hydrogens is 872 g/mol. The number of esters is 2. The highest BCUT2D eigenvalue weighted by atomic mass is 19.4. The molecule has 0 heterocycles. The second kappa shape index (κ2) is 20.7. The predicted octanol–water partition coefficient (Wildman–Crippen LogP) is 8.11. The highest BCUT2D eigenvalue weighted by Crippen LogP contribution is 2.35. The molecule has 0 aliphatic rings. The van der Waals surface area contributed by atoms with Crippen LogP contribution in [0.5, 0.6) is 34.5 Å². The number of aliphatic hydroxyl groups is 2. The molecule has 2 atom stereocenters. The van der Waals surface area contributed by atoms with Crippen LogP contribution in [0.3, 0.4) is 0 Å². The van der Waals surface area contributed by atoms with Gasteiger partial charge in [0.1, 0.15) is 23.2 Å². The highest BCUT2D eigenvalue weighted by Gasteiger charge is 2.38. The zero-order valence-corrected chi connectivity index (χ0v) is 34.0. The number of ketones is 2. The molecule has 19 heteroatoms. The number of rotatable bonds is 18. The van der Waals surface area contributed by atoms with E-state index in [1.807, 2.05) is 0 Å². The van der Waals surface area contributed by atoms with Crippen LogP contribution in [0.4, 0.5) is 32.0 Å². The average Bonchev–Trinajstić information content (AvgIpc) is 3.25. The molecule has 0 bridgehead atoms. The molecule has 4 N–H and O–H groups in total. The van der Waals surface area contributed by atoms with Crippen LogP contribution in [-0.2, 0) is 16.0 Å². The number of carbonyl (C=O) groups excluding carboxylic acids is 4. The quantitative estimate of drug-likeness (QED) is 0.0252. The Kier molecular flexibility index (Phi) is 15.4. The number of hydrogen-bond acceptors (Lipinski definition) is 13. The number of methoxy groups -OCH3 is 2. The summed E-state index contributed by atoms with van der Waals surface area (Å²) in [7, 11) is 2.19. The normalized spacial score (nSPS) is 13.1. The third-order valence-corrected chi connectivity index (χ3v) is 9.09. The van der Waals surface area contributed by atoms with Crippen molar-refractivity contribution in [2.24, 2.45) is 0 Å². The van der Waals surface area contributed by atoms with Gasteiger partial charge in [-0.1, -0.05) is 48.6 Å². The molecule has 0 amide bonds. The average molecular weight is 910 g/mol. The summed E-state index contributed by atoms with van der Waals surface area (Å²) in [5, 5.41) is 22.7. The van der Waals surface area contributed by atoms with E-state index in [1.54, 1.807) is 24.3 Å². The fourth-order valence-electron chi connectivity index (χ4n) is 5.90. The van der Waals surface area contributed by atoms with Crippen molar-refractivity contribution in [3.05, 3.63) is 149 Å². The zero-order chi connectivity index (χ0) is 47.5. The first kappa shape index (κ1) is 48.4. The molecule has 0 aromatic heterocycles. The highest BCUT2D eigenvalue weighted by molar-refractivity contribution is 6.02. The minimum absolute atomic E-state index is 0.0361. The van der Waals surface area contributed by atoms with Crippen LogP contribution in [0.15, 0.2) is 121 Å². The minimum atomic E-state index is -4.99. The Labute approximate surface area is 365 Å². The van der Waals surface area contributed by atoms with E-state index in [-0.39, 0.29) is 40.5 Å². The van der Waals surface area contributed by atoms with Crippen LogP contribution in [0.1, 0.15) is 43.8 Å². The van der Waals surface area contributed by atoms with Gasteiger partial charge in [-0.2, -0.15) is 0 Å². The van der Waals surface area contributed by atoms with Crippen LogP contribution in [0, 0.1) is 0 Å². The summed E-state index contributed by atoms with van der Waals surface area (Å²) in [5.74, 6) is -5.55. The van der Waals surface area contributed by atoms with Crippen LogP contribution >= 0.6 is 0 Å². The summed E-state index contributed by atoms with van der Waals surface area (Å²) in [6.07, 6.45) is -8.17. The van der Waals surface area contributed by atoms with E-state index in [2.05, 4.69) is 9.47 Å². The Bertz CT molecular complexity index is 2560. The van der Waals surface area contributed by atoms with Gasteiger partial charge in [-0.15, -0.1) is 26.3 Å². The van der Waals surface area contributed by atoms with Gasteiger partial charge in [0.05, 0.1) is 25.3 Å². The van der Waals surface area contributed by atoms with Crippen molar-refractivity contribution < 1.29 is 84.2 Å². The number of halogens is 6. The number of hydrogen-bond donors (Lipinski definition) is 3. The van der Waals surface area contributed by atoms with E-state index < -0.39 is 65.9 Å². The number of anilines is 1. The smallest absolute Gasteiger partial charge is 0.493 e. The Morgan fingerprint density at radius 3 is 1.46 bits per heavy atom. The summed E-state index contributed by atoms with van der Waals surface area (Å²) in [4.78, 5) is 52.1. The van der Waals surface area contributed by atoms with Crippen molar-refractivity contribution >= 4 is 41.3 Å². The van der Waals surface area contributed by atoms with Gasteiger partial charge in [0, 0.05) is 18.5 Å². The molecule has 0 saturated heterocycles. The van der Waals surface area contributed by atoms with E-state index in [0.29, 0.717) is 22.4 Å². The van der Waals surface area contributed by atoms with Crippen molar-refractivity contribution in [3.8, 4) is 34.5 Å². The van der Waals surface area contributed by atoms with Crippen LogP contribution in [-0.4, -0.2) is 72.4 Å². The molecule has 0 saturated carbocycles. The number of benzene rings is 5. The minimum Gasteiger partial charge on any atom is -0.493 e. The Morgan fingerprint density at radius 2 is 1.05 bits per heavy atom. The summed E-state index contributed by atoms with van der Waals surface area (Å²) >= 11 is 0. The van der Waals surface area contributed by atoms with Gasteiger partial charge in [0.2, 0.25) is 0 Å². The maximum atomic E-state index is 13.6. The first-order valence-electron chi connectivity index (χ1n) is 18.8. The summed E-state index contributed by atoms with van der Waals surface area (Å²) in [6, 6.07) is 23.5. The molecule has 5 aromatic rings. The number of carbonyl (C=O) groups is 4. The number of aliphatic hydroxyl groups excluding tert-OH is 1. The standard InChI is InChI=1S/C46H37F6NO12/c1-60-39-23-30(11-20-37(39)64-45(47,48)49)42(57)62-33-15-5-27(6-16-33)9-19-35(54)36(55)26-44(59,25-29-3-13-32(53)14-4-29)41(56)22-10-28-7-17-34(18-8-28)63-43(58)31-12-21-38(40(24-31)61-2)65-46(50,51)52/h3-24,36,55,59H,25-26,53H2,1-2H3/b19-9+,22-10+. The number of ether oxygens (including phenoxy) is 6. The van der Waals surface area contributed by atoms with E-state index in [9.17, 15) is 55.7 Å². The van der Waals surface area contributed by atoms with E-state index in [4.69, 9.17) is 24.7 Å². The van der Waals surface area contributed by atoms with Gasteiger partial charge in [-0.25, -0.2) is 9.59 Å². The lowest BCUT2D eigenvalue weighted by Gasteiger charge is -2.27. The van der Waals surface area contributed by atoms with E-state index in [1.165, 1.54) is 60.7 Å². The molecule has 5 rings (SSSR count). The molecule has 2 unspecified atom stereocenters. The van der Waals surface area contributed by atoms with Crippen molar-refractivity contribution in [1.82, 2.24) is 0 Å². The Morgan fingerprint density at radius 1 is 0.615 bits per heavy atom. The van der Waals surface area contributed by atoms with Gasteiger partial charge >= 0.3 is 24.7 Å². The van der Waals surface area contributed by atoms with E-state index in [0.717, 1.165) is 62.8 Å². The fourth-order valence-corrected chi connectivity index (χ4v) is 5.90. The predicted molar refractivity (Wildman–Crippen MR) is 220 cm³/mol. The third-order valence-electron chi connectivity index (χ3n) is 9.09. The maximum absolute atomic E-state index is 13.6. The van der Waals surface area contributed by atoms with Crippen molar-refractivity contribution in [1.29, 1.82) is 0 Å². The van der Waals surface area contributed by atoms with Crippen LogP contribution < -0.4 is 34.2 Å². The van der Waals surface area contributed by atoms with Crippen LogP contribution in [0.2, 0.25) is 0 Å². The first-order valence-corrected chi connectivity index (χ1v) is 18.8. The van der Waals surface area contributed by atoms with Gasteiger partial charge in [0.25, 0.3) is 0 Å². The van der Waals surface area contributed by atoms with E-state index >= 15 is 0 Å². The molecule has 0 radical (unpaired) electrons. The van der Waals surface area contributed by atoms with Crippen molar-refractivity contribution in [2.75, 3.05) is 20.0 Å². The molecule has 340 valence electrons. The summed E-state index contributed by atoms with van der Waals surface area (Å²) < 4.78 is 104. The maximum Gasteiger partial charge on any atom is 0.573 e. The topological polar surface area (TPSA) is 190 Å². The second-order valence-corrected chi connectivity index (χ2v) is 13.8. The monoisotopic (exact) mass is 909 g/mol. The van der Waals surface area contributed by atoms with Crippen molar-refractivity contribution in [3.63, 3.8) is 0 Å². The number of nitrogen functional groups attached to an aromatic ring is 1. The van der Waals surface area contributed by atoms with Gasteiger partial charge in [-0.3, -0.25) is 9.59 Å².